The van der Waals surface area contributed by atoms with Crippen molar-refractivity contribution in [1.82, 2.24) is 4.90 Å². The third-order valence-electron chi connectivity index (χ3n) is 4.78. The molecule has 3 rings (SSSR count). The van der Waals surface area contributed by atoms with E-state index in [2.05, 4.69) is 0 Å². The molecule has 0 radical (unpaired) electrons. The number of rotatable bonds is 5. The van der Waals surface area contributed by atoms with E-state index in [4.69, 9.17) is 14.2 Å². The van der Waals surface area contributed by atoms with E-state index in [-0.39, 0.29) is 24.2 Å². The Labute approximate surface area is 168 Å². The van der Waals surface area contributed by atoms with E-state index in [9.17, 15) is 19.7 Å². The van der Waals surface area contributed by atoms with Crippen LogP contribution in [0.5, 0.6) is 5.75 Å². The maximum atomic E-state index is 12.8. The first-order valence-electron chi connectivity index (χ1n) is 9.32. The van der Waals surface area contributed by atoms with Crippen LogP contribution in [-0.4, -0.2) is 46.1 Å². The Kier molecular flexibility index (Phi) is 5.25. The molecular formula is C20H24N2O7. The number of non-ortho nitro benzene ring substituents is 1. The Morgan fingerprint density at radius 1 is 1.38 bits per heavy atom. The maximum absolute atomic E-state index is 12.8. The van der Waals surface area contributed by atoms with E-state index in [1.54, 1.807) is 13.8 Å². The Morgan fingerprint density at radius 2 is 2.07 bits per heavy atom. The minimum atomic E-state index is -0.971. The molecule has 2 aliphatic heterocycles. The van der Waals surface area contributed by atoms with Crippen molar-refractivity contribution < 1.29 is 28.7 Å². The molecule has 0 fully saturated rings. The molecule has 0 saturated heterocycles. The summed E-state index contributed by atoms with van der Waals surface area (Å²) in [5.41, 5.74) is -0.698. The van der Waals surface area contributed by atoms with Gasteiger partial charge in [0.1, 0.15) is 23.2 Å². The van der Waals surface area contributed by atoms with Crippen LogP contribution in [0.15, 0.2) is 30.0 Å². The molecule has 2 atom stereocenters. The number of benzene rings is 1. The first kappa shape index (κ1) is 20.6. The molecule has 0 unspecified atom stereocenters. The summed E-state index contributed by atoms with van der Waals surface area (Å²) in [4.78, 5) is 36.9. The largest absolute Gasteiger partial charge is 0.493 e. The summed E-state index contributed by atoms with van der Waals surface area (Å²) >= 11 is 0. The average molecular weight is 404 g/mol. The zero-order chi connectivity index (χ0) is 21.5. The van der Waals surface area contributed by atoms with Crippen LogP contribution in [0.1, 0.15) is 46.2 Å². The number of hydrogen-bond acceptors (Lipinski definition) is 7. The molecule has 2 aliphatic rings. The van der Waals surface area contributed by atoms with Crippen LogP contribution < -0.4 is 4.74 Å². The SMILES string of the molecule is CC(=O)O[C@H]1[C@H](N2CC(OC(C)C)=CC2=O)c2cc([N+](=O)[O-])ccc2OC1(C)C. The van der Waals surface area contributed by atoms with Gasteiger partial charge in [-0.25, -0.2) is 0 Å². The molecule has 0 aromatic heterocycles. The number of amides is 1. The van der Waals surface area contributed by atoms with E-state index >= 15 is 0 Å². The monoisotopic (exact) mass is 404 g/mol. The number of hydrogen-bond donors (Lipinski definition) is 0. The number of nitro benzene ring substituents is 1. The zero-order valence-electron chi connectivity index (χ0n) is 17.0. The van der Waals surface area contributed by atoms with Gasteiger partial charge in [0.05, 0.1) is 17.6 Å². The van der Waals surface area contributed by atoms with E-state index in [1.165, 1.54) is 36.1 Å². The summed E-state index contributed by atoms with van der Waals surface area (Å²) in [7, 11) is 0. The van der Waals surface area contributed by atoms with Crippen molar-refractivity contribution in [2.24, 2.45) is 0 Å². The van der Waals surface area contributed by atoms with Crippen LogP contribution in [0, 0.1) is 10.1 Å². The van der Waals surface area contributed by atoms with E-state index in [0.29, 0.717) is 17.1 Å². The van der Waals surface area contributed by atoms with Crippen molar-refractivity contribution in [2.75, 3.05) is 6.54 Å². The lowest BCUT2D eigenvalue weighted by molar-refractivity contribution is -0.385. The fourth-order valence-electron chi connectivity index (χ4n) is 3.70. The summed E-state index contributed by atoms with van der Waals surface area (Å²) in [6.45, 7) is 8.64. The first-order valence-corrected chi connectivity index (χ1v) is 9.32. The Balaban J connectivity index is 2.09. The lowest BCUT2D eigenvalue weighted by Gasteiger charge is -2.46. The van der Waals surface area contributed by atoms with E-state index in [0.717, 1.165) is 0 Å². The molecule has 0 aliphatic carbocycles. The number of nitro groups is 1. The van der Waals surface area contributed by atoms with Crippen LogP contribution >= 0.6 is 0 Å². The van der Waals surface area contributed by atoms with Crippen LogP contribution in [0.25, 0.3) is 0 Å². The topological polar surface area (TPSA) is 108 Å². The van der Waals surface area contributed by atoms with Gasteiger partial charge in [-0.15, -0.1) is 0 Å². The zero-order valence-corrected chi connectivity index (χ0v) is 17.0. The number of carbonyl (C=O) groups excluding carboxylic acids is 2. The first-order chi connectivity index (χ1) is 13.5. The molecule has 1 aromatic rings. The predicted molar refractivity (Wildman–Crippen MR) is 102 cm³/mol. The van der Waals surface area contributed by atoms with Gasteiger partial charge in [0, 0.05) is 30.7 Å². The summed E-state index contributed by atoms with van der Waals surface area (Å²) in [5, 5.41) is 11.3. The fourth-order valence-corrected chi connectivity index (χ4v) is 3.70. The second-order valence-corrected chi connectivity index (χ2v) is 7.90. The van der Waals surface area contributed by atoms with Crippen LogP contribution in [-0.2, 0) is 19.1 Å². The smallest absolute Gasteiger partial charge is 0.303 e. The molecule has 9 nitrogen and oxygen atoms in total. The highest BCUT2D eigenvalue weighted by molar-refractivity contribution is 5.91. The molecule has 1 aromatic carbocycles. The van der Waals surface area contributed by atoms with Crippen molar-refractivity contribution in [3.05, 3.63) is 45.7 Å². The molecule has 0 N–H and O–H groups in total. The van der Waals surface area contributed by atoms with Gasteiger partial charge >= 0.3 is 5.97 Å². The highest BCUT2D eigenvalue weighted by Gasteiger charge is 2.51. The second kappa shape index (κ2) is 7.38. The van der Waals surface area contributed by atoms with Gasteiger partial charge in [-0.1, -0.05) is 0 Å². The van der Waals surface area contributed by atoms with Gasteiger partial charge in [-0.3, -0.25) is 19.7 Å². The molecular weight excluding hydrogens is 380 g/mol. The maximum Gasteiger partial charge on any atom is 0.303 e. The standard InChI is InChI=1S/C20H24N2O7/c1-11(2)27-14-9-17(24)21(10-14)18-15-8-13(22(25)26)6-7-16(15)29-20(4,5)19(18)28-12(3)23/h6-9,11,18-19H,10H2,1-5H3/t18-,19+/m1/s1. The van der Waals surface area contributed by atoms with E-state index in [1.807, 2.05) is 13.8 Å². The quantitative estimate of drug-likeness (QED) is 0.422. The minimum absolute atomic E-state index is 0.113. The number of nitrogens with zero attached hydrogens (tertiary/aromatic N) is 2. The lowest BCUT2D eigenvalue weighted by atomic mass is 9.85. The average Bonchev–Trinajstić information content (AvgIpc) is 2.93. The van der Waals surface area contributed by atoms with Crippen molar-refractivity contribution in [2.45, 2.75) is 58.5 Å². The molecule has 156 valence electrons. The number of carbonyl (C=O) groups is 2. The lowest BCUT2D eigenvalue weighted by Crippen LogP contribution is -2.55. The molecule has 1 amide bonds. The predicted octanol–water partition coefficient (Wildman–Crippen LogP) is 2.89. The van der Waals surface area contributed by atoms with E-state index < -0.39 is 28.6 Å². The number of fused-ring (bicyclic) bond motifs is 1. The summed E-state index contributed by atoms with van der Waals surface area (Å²) in [6.07, 6.45) is 0.410. The summed E-state index contributed by atoms with van der Waals surface area (Å²) in [6, 6.07) is 3.44. The fraction of sp³-hybridized carbons (Fsp3) is 0.500. The molecule has 0 bridgehead atoms. The van der Waals surface area contributed by atoms with Crippen LogP contribution in [0.4, 0.5) is 5.69 Å². The number of esters is 1. The highest BCUT2D eigenvalue weighted by atomic mass is 16.6. The Morgan fingerprint density at radius 3 is 2.66 bits per heavy atom. The van der Waals surface area contributed by atoms with Crippen molar-refractivity contribution in [3.63, 3.8) is 0 Å². The van der Waals surface area contributed by atoms with Crippen molar-refractivity contribution >= 4 is 17.6 Å². The normalized spacial score (nSPS) is 22.6. The summed E-state index contributed by atoms with van der Waals surface area (Å²) < 4.78 is 17.2. The van der Waals surface area contributed by atoms with Crippen molar-refractivity contribution in [3.8, 4) is 5.75 Å². The van der Waals surface area contributed by atoms with Crippen LogP contribution in [0.2, 0.25) is 0 Å². The van der Waals surface area contributed by atoms with Crippen molar-refractivity contribution in [1.29, 1.82) is 0 Å². The minimum Gasteiger partial charge on any atom is -0.493 e. The van der Waals surface area contributed by atoms with Gasteiger partial charge in [0.15, 0.2) is 6.10 Å². The number of ether oxygens (including phenoxy) is 3. The van der Waals surface area contributed by atoms with Gasteiger partial charge < -0.3 is 19.1 Å². The molecule has 0 spiro atoms. The summed E-state index contributed by atoms with van der Waals surface area (Å²) in [5.74, 6) is 0.0321. The molecule has 2 heterocycles. The van der Waals surface area contributed by atoms with Gasteiger partial charge in [-0.2, -0.15) is 0 Å². The van der Waals surface area contributed by atoms with Crippen LogP contribution in [0.3, 0.4) is 0 Å². The Bertz CT molecular complexity index is 891. The third kappa shape index (κ3) is 4.03. The second-order valence-electron chi connectivity index (χ2n) is 7.90. The van der Waals surface area contributed by atoms with Gasteiger partial charge in [-0.05, 0) is 33.8 Å². The molecule has 0 saturated carbocycles. The molecule has 29 heavy (non-hydrogen) atoms. The third-order valence-corrected chi connectivity index (χ3v) is 4.78. The van der Waals surface area contributed by atoms with Gasteiger partial charge in [0.2, 0.25) is 0 Å². The highest BCUT2D eigenvalue weighted by Crippen LogP contribution is 2.46. The van der Waals surface area contributed by atoms with Gasteiger partial charge in [0.25, 0.3) is 11.6 Å². The molecule has 9 heteroatoms. The Hall–Kier alpha value is -3.10.